The average molecular weight is 198 g/mol. The number of benzene rings is 2. The van der Waals surface area contributed by atoms with Crippen molar-refractivity contribution in [3.63, 3.8) is 0 Å². The number of hydrogen-bond donors (Lipinski definition) is 2. The van der Waals surface area contributed by atoms with Gasteiger partial charge in [0.2, 0.25) is 0 Å². The van der Waals surface area contributed by atoms with Crippen molar-refractivity contribution in [2.75, 3.05) is 23.7 Å². The van der Waals surface area contributed by atoms with E-state index >= 15 is 0 Å². The Labute approximate surface area is 89.3 Å². The minimum Gasteiger partial charge on any atom is -0.383 e. The average Bonchev–Trinajstić information content (AvgIpc) is 2.54. The zero-order valence-electron chi connectivity index (χ0n) is 8.59. The maximum absolute atomic E-state index is 3.51. The second-order valence-corrected chi connectivity index (χ2v) is 3.92. The van der Waals surface area contributed by atoms with Crippen molar-refractivity contribution < 1.29 is 0 Å². The van der Waals surface area contributed by atoms with Crippen LogP contribution in [0.25, 0.3) is 10.8 Å². The van der Waals surface area contributed by atoms with E-state index in [9.17, 15) is 0 Å². The minimum atomic E-state index is 1.05. The van der Waals surface area contributed by atoms with E-state index in [1.165, 1.54) is 28.6 Å². The summed E-state index contributed by atoms with van der Waals surface area (Å²) < 4.78 is 0. The summed E-state index contributed by atoms with van der Waals surface area (Å²) in [6, 6.07) is 12.8. The van der Waals surface area contributed by atoms with E-state index in [0.29, 0.717) is 0 Å². The van der Waals surface area contributed by atoms with Crippen molar-refractivity contribution in [1.29, 1.82) is 0 Å². The van der Waals surface area contributed by atoms with Crippen LogP contribution in [0.2, 0.25) is 0 Å². The van der Waals surface area contributed by atoms with Crippen LogP contribution < -0.4 is 10.6 Å². The first kappa shape index (κ1) is 8.60. The highest BCUT2D eigenvalue weighted by Crippen LogP contribution is 2.32. The predicted molar refractivity (Wildman–Crippen MR) is 65.5 cm³/mol. The van der Waals surface area contributed by atoms with Gasteiger partial charge in [-0.3, -0.25) is 0 Å². The van der Waals surface area contributed by atoms with Gasteiger partial charge in [0.1, 0.15) is 0 Å². The zero-order chi connectivity index (χ0) is 10.1. The van der Waals surface area contributed by atoms with Gasteiger partial charge in [-0.05, 0) is 17.9 Å². The second kappa shape index (κ2) is 3.46. The summed E-state index contributed by atoms with van der Waals surface area (Å²) in [6.07, 6.45) is 1.17. The molecule has 0 spiro atoms. The predicted octanol–water partition coefficient (Wildman–Crippen LogP) is 3.07. The molecular formula is C13H14N2. The molecule has 0 aromatic heterocycles. The van der Waals surface area contributed by atoms with Crippen LogP contribution in [-0.2, 0) is 0 Å². The number of nitrogens with one attached hydrogen (secondary N) is 2. The fourth-order valence-electron chi connectivity index (χ4n) is 2.13. The fraction of sp³-hybridized carbons (Fsp3) is 0.231. The molecule has 76 valence electrons. The lowest BCUT2D eigenvalue weighted by Crippen LogP contribution is -2.01. The van der Waals surface area contributed by atoms with Crippen molar-refractivity contribution in [3.05, 3.63) is 36.4 Å². The first-order valence-electron chi connectivity index (χ1n) is 5.45. The number of fused-ring (bicyclic) bond motifs is 3. The van der Waals surface area contributed by atoms with E-state index in [2.05, 4.69) is 47.0 Å². The Morgan fingerprint density at radius 2 is 1.73 bits per heavy atom. The molecule has 15 heavy (non-hydrogen) atoms. The molecule has 2 aromatic carbocycles. The minimum absolute atomic E-state index is 1.05. The van der Waals surface area contributed by atoms with Crippen LogP contribution in [0, 0.1) is 0 Å². The first-order chi connectivity index (χ1) is 7.45. The molecule has 2 aromatic rings. The van der Waals surface area contributed by atoms with Crippen molar-refractivity contribution in [2.24, 2.45) is 0 Å². The third-order valence-corrected chi connectivity index (χ3v) is 2.90. The Morgan fingerprint density at radius 1 is 0.867 bits per heavy atom. The molecule has 0 fully saturated rings. The Morgan fingerprint density at radius 3 is 2.73 bits per heavy atom. The molecule has 0 aliphatic carbocycles. The number of hydrogen-bond acceptors (Lipinski definition) is 2. The summed E-state index contributed by atoms with van der Waals surface area (Å²) in [7, 11) is 0. The van der Waals surface area contributed by atoms with Gasteiger partial charge in [0.05, 0.1) is 11.4 Å². The Hall–Kier alpha value is -1.70. The fourth-order valence-corrected chi connectivity index (χ4v) is 2.13. The standard InChI is InChI=1S/C13H14N2/c1-2-5-11-10(4-1)6-7-12-13(11)15-9-3-8-14-12/h1-2,4-7,14-15H,3,8-9H2. The van der Waals surface area contributed by atoms with E-state index in [-0.39, 0.29) is 0 Å². The van der Waals surface area contributed by atoms with Crippen molar-refractivity contribution in [1.82, 2.24) is 0 Å². The summed E-state index contributed by atoms with van der Waals surface area (Å²) in [5.41, 5.74) is 2.48. The van der Waals surface area contributed by atoms with Crippen LogP contribution in [0.15, 0.2) is 36.4 Å². The molecular weight excluding hydrogens is 184 g/mol. The van der Waals surface area contributed by atoms with Crippen LogP contribution in [0.1, 0.15) is 6.42 Å². The summed E-state index contributed by atoms with van der Waals surface area (Å²) in [4.78, 5) is 0. The van der Waals surface area contributed by atoms with Gasteiger partial charge in [-0.15, -0.1) is 0 Å². The molecule has 0 unspecified atom stereocenters. The van der Waals surface area contributed by atoms with Crippen molar-refractivity contribution in [2.45, 2.75) is 6.42 Å². The highest BCUT2D eigenvalue weighted by molar-refractivity contribution is 6.00. The molecule has 2 nitrogen and oxygen atoms in total. The molecule has 1 heterocycles. The van der Waals surface area contributed by atoms with E-state index in [4.69, 9.17) is 0 Å². The third-order valence-electron chi connectivity index (χ3n) is 2.90. The van der Waals surface area contributed by atoms with E-state index in [0.717, 1.165) is 13.1 Å². The van der Waals surface area contributed by atoms with Crippen LogP contribution >= 0.6 is 0 Å². The monoisotopic (exact) mass is 198 g/mol. The molecule has 0 radical (unpaired) electrons. The normalized spacial score (nSPS) is 14.9. The summed E-state index contributed by atoms with van der Waals surface area (Å²) in [6.45, 7) is 2.10. The lowest BCUT2D eigenvalue weighted by atomic mass is 10.1. The van der Waals surface area contributed by atoms with E-state index in [1.54, 1.807) is 0 Å². The van der Waals surface area contributed by atoms with Crippen molar-refractivity contribution >= 4 is 22.1 Å². The third kappa shape index (κ3) is 1.42. The van der Waals surface area contributed by atoms with Crippen LogP contribution in [0.3, 0.4) is 0 Å². The lowest BCUT2D eigenvalue weighted by molar-refractivity contribution is 0.929. The van der Waals surface area contributed by atoms with E-state index in [1.807, 2.05) is 0 Å². The first-order valence-corrected chi connectivity index (χ1v) is 5.45. The maximum atomic E-state index is 3.51. The second-order valence-electron chi connectivity index (χ2n) is 3.92. The molecule has 0 saturated heterocycles. The molecule has 1 aliphatic rings. The van der Waals surface area contributed by atoms with Crippen LogP contribution in [0.5, 0.6) is 0 Å². The quantitative estimate of drug-likeness (QED) is 0.679. The summed E-state index contributed by atoms with van der Waals surface area (Å²) in [5, 5.41) is 9.57. The number of anilines is 2. The molecule has 0 amide bonds. The molecule has 0 atom stereocenters. The van der Waals surface area contributed by atoms with Gasteiger partial charge in [0, 0.05) is 18.5 Å². The lowest BCUT2D eigenvalue weighted by Gasteiger charge is -2.11. The molecule has 0 bridgehead atoms. The molecule has 0 saturated carbocycles. The smallest absolute Gasteiger partial charge is 0.0655 e. The molecule has 2 heteroatoms. The summed E-state index contributed by atoms with van der Waals surface area (Å²) in [5.74, 6) is 0. The highest BCUT2D eigenvalue weighted by Gasteiger charge is 2.09. The topological polar surface area (TPSA) is 24.1 Å². The van der Waals surface area contributed by atoms with Gasteiger partial charge in [-0.25, -0.2) is 0 Å². The molecule has 2 N–H and O–H groups in total. The Kier molecular flexibility index (Phi) is 1.98. The number of rotatable bonds is 0. The van der Waals surface area contributed by atoms with Gasteiger partial charge >= 0.3 is 0 Å². The van der Waals surface area contributed by atoms with Crippen molar-refractivity contribution in [3.8, 4) is 0 Å². The van der Waals surface area contributed by atoms with Crippen LogP contribution in [-0.4, -0.2) is 13.1 Å². The highest BCUT2D eigenvalue weighted by atomic mass is 15.0. The zero-order valence-corrected chi connectivity index (χ0v) is 8.59. The van der Waals surface area contributed by atoms with Gasteiger partial charge < -0.3 is 10.6 Å². The van der Waals surface area contributed by atoms with Gasteiger partial charge in [-0.1, -0.05) is 30.3 Å². The van der Waals surface area contributed by atoms with Gasteiger partial charge in [-0.2, -0.15) is 0 Å². The van der Waals surface area contributed by atoms with Gasteiger partial charge in [0.15, 0.2) is 0 Å². The SMILES string of the molecule is c1ccc2c3c(ccc2c1)NCCCN3. The summed E-state index contributed by atoms with van der Waals surface area (Å²) >= 11 is 0. The Balaban J connectivity index is 2.27. The van der Waals surface area contributed by atoms with Crippen LogP contribution in [0.4, 0.5) is 11.4 Å². The molecule has 3 rings (SSSR count). The maximum Gasteiger partial charge on any atom is 0.0655 e. The largest absolute Gasteiger partial charge is 0.383 e. The van der Waals surface area contributed by atoms with E-state index < -0.39 is 0 Å². The Bertz CT molecular complexity index is 491. The van der Waals surface area contributed by atoms with Gasteiger partial charge in [0.25, 0.3) is 0 Å². The molecule has 1 aliphatic heterocycles.